The number of anilines is 1. The zero-order valence-electron chi connectivity index (χ0n) is 6.99. The molecule has 2 aromatic heterocycles. The lowest BCUT2D eigenvalue weighted by molar-refractivity contribution is 0.102. The summed E-state index contributed by atoms with van der Waals surface area (Å²) in [7, 11) is 0. The standard InChI is InChI=1S/C9H6ClNO2S/c10-8-7(1-3-13-8)9(12)11-6-2-4-14-5-6/h1-5H,(H,11,12). The molecule has 0 fully saturated rings. The van der Waals surface area contributed by atoms with Gasteiger partial charge in [0.1, 0.15) is 0 Å². The zero-order chi connectivity index (χ0) is 9.97. The number of rotatable bonds is 2. The largest absolute Gasteiger partial charge is 0.452 e. The van der Waals surface area contributed by atoms with Gasteiger partial charge in [0.25, 0.3) is 5.91 Å². The van der Waals surface area contributed by atoms with Gasteiger partial charge in [0, 0.05) is 5.38 Å². The third-order valence-corrected chi connectivity index (χ3v) is 2.62. The molecule has 0 aliphatic carbocycles. The van der Waals surface area contributed by atoms with Gasteiger partial charge in [0.15, 0.2) is 0 Å². The van der Waals surface area contributed by atoms with Crippen LogP contribution in [0.4, 0.5) is 5.69 Å². The summed E-state index contributed by atoms with van der Waals surface area (Å²) in [4.78, 5) is 11.5. The molecule has 0 bridgehead atoms. The van der Waals surface area contributed by atoms with Gasteiger partial charge in [0.2, 0.25) is 5.22 Å². The molecule has 1 amide bonds. The van der Waals surface area contributed by atoms with Gasteiger partial charge >= 0.3 is 0 Å². The van der Waals surface area contributed by atoms with E-state index in [1.165, 1.54) is 23.7 Å². The maximum atomic E-state index is 11.5. The second-order valence-corrected chi connectivity index (χ2v) is 3.70. The molecule has 1 N–H and O–H groups in total. The fourth-order valence-corrected chi connectivity index (χ4v) is 1.78. The lowest BCUT2D eigenvalue weighted by Crippen LogP contribution is -2.10. The predicted molar refractivity (Wildman–Crippen MR) is 56.0 cm³/mol. The van der Waals surface area contributed by atoms with E-state index in [1.807, 2.05) is 16.8 Å². The Labute approximate surface area is 89.3 Å². The molecular weight excluding hydrogens is 222 g/mol. The van der Waals surface area contributed by atoms with E-state index in [0.717, 1.165) is 5.69 Å². The van der Waals surface area contributed by atoms with Gasteiger partial charge in [-0.2, -0.15) is 11.3 Å². The first-order valence-corrected chi connectivity index (χ1v) is 5.16. The monoisotopic (exact) mass is 227 g/mol. The van der Waals surface area contributed by atoms with E-state index in [1.54, 1.807) is 0 Å². The van der Waals surface area contributed by atoms with Crippen molar-refractivity contribution in [3.05, 3.63) is 39.9 Å². The van der Waals surface area contributed by atoms with Crippen molar-refractivity contribution in [2.75, 3.05) is 5.32 Å². The van der Waals surface area contributed by atoms with E-state index in [9.17, 15) is 4.79 Å². The minimum Gasteiger partial charge on any atom is -0.452 e. The van der Waals surface area contributed by atoms with Crippen LogP contribution < -0.4 is 5.32 Å². The molecule has 0 aliphatic heterocycles. The number of hydrogen-bond donors (Lipinski definition) is 1. The molecule has 0 aromatic carbocycles. The first kappa shape index (κ1) is 9.30. The van der Waals surface area contributed by atoms with Crippen LogP contribution in [0, 0.1) is 0 Å². The average molecular weight is 228 g/mol. The highest BCUT2D eigenvalue weighted by Crippen LogP contribution is 2.19. The van der Waals surface area contributed by atoms with Crippen LogP contribution in [0.1, 0.15) is 10.4 Å². The second-order valence-electron chi connectivity index (χ2n) is 2.57. The molecule has 72 valence electrons. The number of nitrogens with one attached hydrogen (secondary N) is 1. The van der Waals surface area contributed by atoms with Crippen molar-refractivity contribution in [2.24, 2.45) is 0 Å². The van der Waals surface area contributed by atoms with Gasteiger partial charge in [-0.05, 0) is 29.1 Å². The fraction of sp³-hybridized carbons (Fsp3) is 0. The first-order valence-electron chi connectivity index (χ1n) is 3.84. The Balaban J connectivity index is 2.14. The van der Waals surface area contributed by atoms with Gasteiger partial charge in [0.05, 0.1) is 17.5 Å². The van der Waals surface area contributed by atoms with Crippen LogP contribution in [-0.2, 0) is 0 Å². The molecular formula is C9H6ClNO2S. The second kappa shape index (κ2) is 3.86. The van der Waals surface area contributed by atoms with Crippen LogP contribution in [0.15, 0.2) is 33.6 Å². The number of amides is 1. The van der Waals surface area contributed by atoms with Crippen molar-refractivity contribution in [1.29, 1.82) is 0 Å². The smallest absolute Gasteiger partial charge is 0.260 e. The highest BCUT2D eigenvalue weighted by atomic mass is 35.5. The maximum absolute atomic E-state index is 11.5. The molecule has 0 saturated carbocycles. The molecule has 0 atom stereocenters. The van der Waals surface area contributed by atoms with Crippen LogP contribution in [-0.4, -0.2) is 5.91 Å². The molecule has 0 aliphatic rings. The number of carbonyl (C=O) groups is 1. The van der Waals surface area contributed by atoms with Gasteiger partial charge in [-0.3, -0.25) is 4.79 Å². The summed E-state index contributed by atoms with van der Waals surface area (Å²) in [6.07, 6.45) is 1.38. The van der Waals surface area contributed by atoms with E-state index in [-0.39, 0.29) is 11.1 Å². The van der Waals surface area contributed by atoms with Gasteiger partial charge < -0.3 is 9.73 Å². The molecule has 0 radical (unpaired) electrons. The average Bonchev–Trinajstić information content (AvgIpc) is 2.75. The summed E-state index contributed by atoms with van der Waals surface area (Å²) in [6.45, 7) is 0. The third-order valence-electron chi connectivity index (χ3n) is 1.64. The highest BCUT2D eigenvalue weighted by molar-refractivity contribution is 7.08. The van der Waals surface area contributed by atoms with Crippen molar-refractivity contribution >= 4 is 34.5 Å². The number of halogens is 1. The quantitative estimate of drug-likeness (QED) is 0.856. The third kappa shape index (κ3) is 1.81. The van der Waals surface area contributed by atoms with E-state index in [2.05, 4.69) is 5.32 Å². The molecule has 2 aromatic rings. The Bertz CT molecular complexity index is 435. The maximum Gasteiger partial charge on any atom is 0.260 e. The number of thiophene rings is 1. The summed E-state index contributed by atoms with van der Waals surface area (Å²) >= 11 is 7.16. The molecule has 0 saturated heterocycles. The summed E-state index contributed by atoms with van der Waals surface area (Å²) < 4.78 is 4.81. The highest BCUT2D eigenvalue weighted by Gasteiger charge is 2.12. The summed E-state index contributed by atoms with van der Waals surface area (Å²) in [5, 5.41) is 6.52. The SMILES string of the molecule is O=C(Nc1ccsc1)c1ccoc1Cl. The van der Waals surface area contributed by atoms with Gasteiger partial charge in [-0.1, -0.05) is 0 Å². The Morgan fingerprint density at radius 3 is 2.93 bits per heavy atom. The van der Waals surface area contributed by atoms with Crippen molar-refractivity contribution in [2.45, 2.75) is 0 Å². The van der Waals surface area contributed by atoms with Crippen LogP contribution in [0.5, 0.6) is 0 Å². The molecule has 14 heavy (non-hydrogen) atoms. The first-order chi connectivity index (χ1) is 6.77. The number of carbonyl (C=O) groups excluding carboxylic acids is 1. The lowest BCUT2D eigenvalue weighted by Gasteiger charge is -1.99. The lowest BCUT2D eigenvalue weighted by atomic mass is 10.3. The Morgan fingerprint density at radius 2 is 2.36 bits per heavy atom. The fourth-order valence-electron chi connectivity index (χ4n) is 0.990. The summed E-state index contributed by atoms with van der Waals surface area (Å²) in [5.74, 6) is -0.262. The van der Waals surface area contributed by atoms with Crippen LogP contribution >= 0.6 is 22.9 Å². The normalized spacial score (nSPS) is 10.1. The minimum absolute atomic E-state index is 0.109. The topological polar surface area (TPSA) is 42.2 Å². The minimum atomic E-state index is -0.262. The zero-order valence-corrected chi connectivity index (χ0v) is 8.56. The molecule has 5 heteroatoms. The van der Waals surface area contributed by atoms with Crippen molar-refractivity contribution in [3.63, 3.8) is 0 Å². The van der Waals surface area contributed by atoms with E-state index >= 15 is 0 Å². The van der Waals surface area contributed by atoms with Gasteiger partial charge in [-0.25, -0.2) is 0 Å². The molecule has 3 nitrogen and oxygen atoms in total. The van der Waals surface area contributed by atoms with Crippen LogP contribution in [0.3, 0.4) is 0 Å². The van der Waals surface area contributed by atoms with Crippen LogP contribution in [0.25, 0.3) is 0 Å². The van der Waals surface area contributed by atoms with Crippen LogP contribution in [0.2, 0.25) is 5.22 Å². The van der Waals surface area contributed by atoms with Gasteiger partial charge in [-0.15, -0.1) is 0 Å². The Morgan fingerprint density at radius 1 is 1.50 bits per heavy atom. The summed E-state index contributed by atoms with van der Waals surface area (Å²) in [5.41, 5.74) is 1.11. The molecule has 0 spiro atoms. The number of hydrogen-bond acceptors (Lipinski definition) is 3. The Kier molecular flexibility index (Phi) is 2.56. The van der Waals surface area contributed by atoms with Crippen molar-refractivity contribution in [1.82, 2.24) is 0 Å². The van der Waals surface area contributed by atoms with Crippen molar-refractivity contribution < 1.29 is 9.21 Å². The molecule has 0 unspecified atom stereocenters. The predicted octanol–water partition coefficient (Wildman–Crippen LogP) is 3.25. The van der Waals surface area contributed by atoms with Crippen molar-refractivity contribution in [3.8, 4) is 0 Å². The van der Waals surface area contributed by atoms with E-state index in [4.69, 9.17) is 16.0 Å². The summed E-state index contributed by atoms with van der Waals surface area (Å²) in [6, 6.07) is 3.35. The Hall–Kier alpha value is -1.26. The van der Waals surface area contributed by atoms with E-state index in [0.29, 0.717) is 5.56 Å². The molecule has 2 heterocycles. The molecule has 2 rings (SSSR count). The number of furan rings is 1. The van der Waals surface area contributed by atoms with E-state index < -0.39 is 0 Å².